The molecule has 1 unspecified atom stereocenters. The van der Waals surface area contributed by atoms with E-state index < -0.39 is 0 Å². The van der Waals surface area contributed by atoms with Crippen LogP contribution in [0, 0.1) is 0 Å². The average Bonchev–Trinajstić information content (AvgIpc) is 2.59. The zero-order valence-corrected chi connectivity index (χ0v) is 13.1. The van der Waals surface area contributed by atoms with E-state index >= 15 is 0 Å². The van der Waals surface area contributed by atoms with Crippen molar-refractivity contribution in [1.29, 1.82) is 0 Å². The maximum Gasteiger partial charge on any atom is 0.246 e. The molecule has 0 aliphatic rings. The number of aromatic nitrogens is 1. The molecule has 0 saturated heterocycles. The third-order valence-corrected chi connectivity index (χ3v) is 3.63. The second kappa shape index (κ2) is 7.41. The average molecular weight is 296 g/mol. The van der Waals surface area contributed by atoms with Crippen molar-refractivity contribution in [1.82, 2.24) is 9.88 Å². The quantitative estimate of drug-likeness (QED) is 0.795. The third kappa shape index (κ3) is 3.95. The lowest BCUT2D eigenvalue weighted by Crippen LogP contribution is -2.27. The predicted octanol–water partition coefficient (Wildman–Crippen LogP) is 3.32. The van der Waals surface area contributed by atoms with Gasteiger partial charge in [-0.05, 0) is 42.3 Å². The summed E-state index contributed by atoms with van der Waals surface area (Å²) in [5.41, 5.74) is 1.97. The standard InChI is InChI=1S/C18H20N2O2/c1-14(16-7-9-17(22-3)10-8-16)20(2)18(21)11-6-15-5-4-12-19-13-15/h4-14H,1-3H3/b11-6+. The van der Waals surface area contributed by atoms with E-state index in [0.29, 0.717) is 0 Å². The first-order valence-corrected chi connectivity index (χ1v) is 7.10. The lowest BCUT2D eigenvalue weighted by molar-refractivity contribution is -0.126. The Morgan fingerprint density at radius 1 is 1.27 bits per heavy atom. The molecule has 1 aromatic carbocycles. The number of ether oxygens (including phenoxy) is 1. The molecule has 0 aliphatic heterocycles. The first-order valence-electron chi connectivity index (χ1n) is 7.10. The largest absolute Gasteiger partial charge is 0.497 e. The third-order valence-electron chi connectivity index (χ3n) is 3.63. The van der Waals surface area contributed by atoms with Gasteiger partial charge in [-0.2, -0.15) is 0 Å². The summed E-state index contributed by atoms with van der Waals surface area (Å²) in [6.07, 6.45) is 6.76. The molecule has 22 heavy (non-hydrogen) atoms. The van der Waals surface area contributed by atoms with Gasteiger partial charge in [-0.1, -0.05) is 18.2 Å². The number of benzene rings is 1. The first-order chi connectivity index (χ1) is 10.6. The number of amides is 1. The smallest absolute Gasteiger partial charge is 0.246 e. The Morgan fingerprint density at radius 2 is 2.00 bits per heavy atom. The van der Waals surface area contributed by atoms with E-state index in [0.717, 1.165) is 16.9 Å². The Morgan fingerprint density at radius 3 is 2.59 bits per heavy atom. The van der Waals surface area contributed by atoms with Gasteiger partial charge in [-0.15, -0.1) is 0 Å². The summed E-state index contributed by atoms with van der Waals surface area (Å²) in [7, 11) is 3.43. The van der Waals surface area contributed by atoms with Crippen molar-refractivity contribution in [2.45, 2.75) is 13.0 Å². The maximum atomic E-state index is 12.2. The minimum atomic E-state index is -0.0489. The number of nitrogens with zero attached hydrogens (tertiary/aromatic N) is 2. The lowest BCUT2D eigenvalue weighted by atomic mass is 10.1. The molecule has 1 atom stereocenters. The SMILES string of the molecule is COc1ccc(C(C)N(C)C(=O)/C=C/c2cccnc2)cc1. The van der Waals surface area contributed by atoms with Crippen LogP contribution in [0.5, 0.6) is 5.75 Å². The Hall–Kier alpha value is -2.62. The van der Waals surface area contributed by atoms with E-state index in [2.05, 4.69) is 4.98 Å². The molecule has 1 heterocycles. The summed E-state index contributed by atoms with van der Waals surface area (Å²) in [4.78, 5) is 18.0. The van der Waals surface area contributed by atoms with Gasteiger partial charge in [0.15, 0.2) is 0 Å². The molecule has 0 radical (unpaired) electrons. The molecule has 0 N–H and O–H groups in total. The van der Waals surface area contributed by atoms with Crippen LogP contribution in [0.2, 0.25) is 0 Å². The van der Waals surface area contributed by atoms with Gasteiger partial charge >= 0.3 is 0 Å². The molecule has 0 spiro atoms. The number of methoxy groups -OCH3 is 1. The molecule has 2 aromatic rings. The van der Waals surface area contributed by atoms with Gasteiger partial charge in [0, 0.05) is 25.5 Å². The van der Waals surface area contributed by atoms with E-state index in [1.54, 1.807) is 43.6 Å². The second-order valence-electron chi connectivity index (χ2n) is 5.02. The summed E-state index contributed by atoms with van der Waals surface area (Å²) < 4.78 is 5.15. The molecule has 2 rings (SSSR count). The molecule has 114 valence electrons. The molecule has 0 fully saturated rings. The number of hydrogen-bond donors (Lipinski definition) is 0. The van der Waals surface area contributed by atoms with E-state index in [9.17, 15) is 4.79 Å². The number of pyridine rings is 1. The molecule has 4 nitrogen and oxygen atoms in total. The van der Waals surface area contributed by atoms with Gasteiger partial charge < -0.3 is 9.64 Å². The minimum Gasteiger partial charge on any atom is -0.497 e. The lowest BCUT2D eigenvalue weighted by Gasteiger charge is -2.24. The van der Waals surface area contributed by atoms with Crippen molar-refractivity contribution in [3.8, 4) is 5.75 Å². The molecule has 0 aliphatic carbocycles. The summed E-state index contributed by atoms with van der Waals surface area (Å²) >= 11 is 0. The van der Waals surface area contributed by atoms with Gasteiger partial charge in [-0.25, -0.2) is 0 Å². The predicted molar refractivity (Wildman–Crippen MR) is 87.5 cm³/mol. The highest BCUT2D eigenvalue weighted by molar-refractivity contribution is 5.91. The van der Waals surface area contributed by atoms with Crippen molar-refractivity contribution in [2.75, 3.05) is 14.2 Å². The van der Waals surface area contributed by atoms with Crippen molar-refractivity contribution < 1.29 is 9.53 Å². The summed E-state index contributed by atoms with van der Waals surface area (Å²) in [5, 5.41) is 0. The van der Waals surface area contributed by atoms with Crippen LogP contribution in [0.25, 0.3) is 6.08 Å². The van der Waals surface area contributed by atoms with E-state index in [1.165, 1.54) is 0 Å². The van der Waals surface area contributed by atoms with Gasteiger partial charge in [0.05, 0.1) is 13.2 Å². The number of carbonyl (C=O) groups is 1. The Labute approximate surface area is 131 Å². The van der Waals surface area contributed by atoms with Crippen LogP contribution in [-0.4, -0.2) is 29.9 Å². The van der Waals surface area contributed by atoms with Crippen LogP contribution in [-0.2, 0) is 4.79 Å². The van der Waals surface area contributed by atoms with E-state index in [4.69, 9.17) is 4.74 Å². The molecule has 1 amide bonds. The monoisotopic (exact) mass is 296 g/mol. The van der Waals surface area contributed by atoms with Crippen molar-refractivity contribution in [3.05, 3.63) is 66.0 Å². The fourth-order valence-electron chi connectivity index (χ4n) is 2.06. The molecule has 4 heteroatoms. The van der Waals surface area contributed by atoms with Gasteiger partial charge in [0.25, 0.3) is 0 Å². The van der Waals surface area contributed by atoms with Crippen LogP contribution < -0.4 is 4.74 Å². The van der Waals surface area contributed by atoms with Gasteiger partial charge in [-0.3, -0.25) is 9.78 Å². The molecular weight excluding hydrogens is 276 g/mol. The zero-order valence-electron chi connectivity index (χ0n) is 13.1. The highest BCUT2D eigenvalue weighted by Gasteiger charge is 2.15. The van der Waals surface area contributed by atoms with Gasteiger partial charge in [0.2, 0.25) is 5.91 Å². The second-order valence-corrected chi connectivity index (χ2v) is 5.02. The van der Waals surface area contributed by atoms with Crippen LogP contribution in [0.4, 0.5) is 0 Å². The molecule has 0 bridgehead atoms. The summed E-state index contributed by atoms with van der Waals surface area (Å²) in [6, 6.07) is 11.5. The number of rotatable bonds is 5. The normalized spacial score (nSPS) is 12.1. The fraction of sp³-hybridized carbons (Fsp3) is 0.222. The molecule has 1 aromatic heterocycles. The molecule has 0 saturated carbocycles. The van der Waals surface area contributed by atoms with E-state index in [-0.39, 0.29) is 11.9 Å². The van der Waals surface area contributed by atoms with Crippen molar-refractivity contribution >= 4 is 12.0 Å². The maximum absolute atomic E-state index is 12.2. The Kier molecular flexibility index (Phi) is 5.31. The number of carbonyl (C=O) groups excluding carboxylic acids is 1. The minimum absolute atomic E-state index is 0.0167. The van der Waals surface area contributed by atoms with Crippen LogP contribution in [0.15, 0.2) is 54.9 Å². The fourth-order valence-corrected chi connectivity index (χ4v) is 2.06. The van der Waals surface area contributed by atoms with Crippen LogP contribution in [0.1, 0.15) is 24.1 Å². The van der Waals surface area contributed by atoms with Crippen LogP contribution >= 0.6 is 0 Å². The topological polar surface area (TPSA) is 42.4 Å². The van der Waals surface area contributed by atoms with Crippen molar-refractivity contribution in [3.63, 3.8) is 0 Å². The number of likely N-dealkylation sites (N-methyl/N-ethyl adjacent to an activating group) is 1. The van der Waals surface area contributed by atoms with Crippen LogP contribution in [0.3, 0.4) is 0 Å². The zero-order chi connectivity index (χ0) is 15.9. The van der Waals surface area contributed by atoms with E-state index in [1.807, 2.05) is 43.3 Å². The van der Waals surface area contributed by atoms with Crippen molar-refractivity contribution in [2.24, 2.45) is 0 Å². The summed E-state index contributed by atoms with van der Waals surface area (Å²) in [6.45, 7) is 2.00. The Balaban J connectivity index is 2.04. The first kappa shape index (κ1) is 15.8. The molecular formula is C18H20N2O2. The highest BCUT2D eigenvalue weighted by Crippen LogP contribution is 2.21. The summed E-state index contributed by atoms with van der Waals surface area (Å²) in [5.74, 6) is 0.758. The highest BCUT2D eigenvalue weighted by atomic mass is 16.5. The Bertz CT molecular complexity index is 636. The van der Waals surface area contributed by atoms with Gasteiger partial charge in [0.1, 0.15) is 5.75 Å². The number of hydrogen-bond acceptors (Lipinski definition) is 3.